The van der Waals surface area contributed by atoms with Gasteiger partial charge in [-0.05, 0) is 13.0 Å². The maximum Gasteiger partial charge on any atom is 0.258 e. The van der Waals surface area contributed by atoms with Crippen molar-refractivity contribution in [1.82, 2.24) is 0 Å². The minimum absolute atomic E-state index is 0.264. The van der Waals surface area contributed by atoms with Gasteiger partial charge in [-0.2, -0.15) is 0 Å². The second-order valence-electron chi connectivity index (χ2n) is 3.01. The molecule has 1 N–H and O–H groups in total. The van der Waals surface area contributed by atoms with Crippen molar-refractivity contribution in [2.24, 2.45) is 0 Å². The summed E-state index contributed by atoms with van der Waals surface area (Å²) in [5.41, 5.74) is -0.314. The lowest BCUT2D eigenvalue weighted by atomic mass is 10.2. The van der Waals surface area contributed by atoms with Gasteiger partial charge in [0.15, 0.2) is 5.82 Å². The number of hydrogen-bond donors (Lipinski definition) is 1. The van der Waals surface area contributed by atoms with Gasteiger partial charge in [-0.25, -0.2) is 17.6 Å². The minimum atomic E-state index is -2.66. The van der Waals surface area contributed by atoms with E-state index in [1.165, 1.54) is 6.92 Å². The molecule has 1 rings (SSSR count). The molecule has 0 heterocycles. The Kier molecular flexibility index (Phi) is 3.79. The Bertz CT molecular complexity index is 333. The molecule has 0 saturated carbocycles. The molecule has 84 valence electrons. The largest absolute Gasteiger partial charge is 0.373 e. The monoisotopic (exact) mass is 241 g/mol. The Morgan fingerprint density at radius 3 is 2.33 bits per heavy atom. The summed E-state index contributed by atoms with van der Waals surface area (Å²) in [7, 11) is 0. The van der Waals surface area contributed by atoms with Crippen LogP contribution in [0.5, 0.6) is 0 Å². The van der Waals surface area contributed by atoms with Crippen molar-refractivity contribution in [2.45, 2.75) is 19.4 Å². The summed E-state index contributed by atoms with van der Waals surface area (Å²) in [5.74, 6) is -1.85. The van der Waals surface area contributed by atoms with Crippen molar-refractivity contribution in [1.29, 1.82) is 0 Å². The van der Waals surface area contributed by atoms with Gasteiger partial charge in [0.05, 0.1) is 16.8 Å². The molecule has 1 atom stereocenters. The van der Waals surface area contributed by atoms with Crippen LogP contribution in [-0.4, -0.2) is 12.5 Å². The van der Waals surface area contributed by atoms with Gasteiger partial charge in [0.2, 0.25) is 0 Å². The first-order valence-corrected chi connectivity index (χ1v) is 4.49. The minimum Gasteiger partial charge on any atom is -0.373 e. The topological polar surface area (TPSA) is 12.0 Å². The van der Waals surface area contributed by atoms with E-state index in [-0.39, 0.29) is 10.7 Å². The summed E-state index contributed by atoms with van der Waals surface area (Å²) in [6.45, 7) is 1.17. The SMILES string of the molecule is CC(Nc1c(F)cc(F)cc1Cl)C(F)F. The molecule has 1 aromatic carbocycles. The molecule has 0 aliphatic carbocycles. The van der Waals surface area contributed by atoms with Crippen LogP contribution in [0, 0.1) is 11.6 Å². The Hall–Kier alpha value is -0.970. The fourth-order valence-electron chi connectivity index (χ4n) is 0.971. The number of halogens is 5. The highest BCUT2D eigenvalue weighted by Gasteiger charge is 2.18. The third kappa shape index (κ3) is 2.99. The van der Waals surface area contributed by atoms with Crippen molar-refractivity contribution in [3.8, 4) is 0 Å². The van der Waals surface area contributed by atoms with Crippen molar-refractivity contribution < 1.29 is 17.6 Å². The van der Waals surface area contributed by atoms with E-state index >= 15 is 0 Å². The zero-order valence-electron chi connectivity index (χ0n) is 7.70. The average molecular weight is 242 g/mol. The molecule has 0 bridgehead atoms. The Morgan fingerprint density at radius 1 is 1.27 bits per heavy atom. The van der Waals surface area contributed by atoms with E-state index in [9.17, 15) is 17.6 Å². The zero-order chi connectivity index (χ0) is 11.6. The lowest BCUT2D eigenvalue weighted by Gasteiger charge is -2.15. The molecule has 15 heavy (non-hydrogen) atoms. The second kappa shape index (κ2) is 4.70. The van der Waals surface area contributed by atoms with Gasteiger partial charge in [-0.1, -0.05) is 11.6 Å². The van der Waals surface area contributed by atoms with Gasteiger partial charge in [-0.15, -0.1) is 0 Å². The molecule has 0 fully saturated rings. The lowest BCUT2D eigenvalue weighted by Crippen LogP contribution is -2.24. The van der Waals surface area contributed by atoms with E-state index < -0.39 is 24.1 Å². The van der Waals surface area contributed by atoms with Crippen LogP contribution < -0.4 is 5.32 Å². The van der Waals surface area contributed by atoms with E-state index in [2.05, 4.69) is 5.32 Å². The molecule has 0 saturated heterocycles. The molecule has 1 aromatic rings. The van der Waals surface area contributed by atoms with E-state index in [0.29, 0.717) is 6.07 Å². The Morgan fingerprint density at radius 2 is 1.87 bits per heavy atom. The third-order valence-electron chi connectivity index (χ3n) is 1.76. The number of alkyl halides is 2. The summed E-state index contributed by atoms with van der Waals surface area (Å²) in [6, 6.07) is 0.167. The van der Waals surface area contributed by atoms with E-state index in [1.54, 1.807) is 0 Å². The molecule has 0 amide bonds. The van der Waals surface area contributed by atoms with Gasteiger partial charge in [0, 0.05) is 6.07 Å². The molecular formula is C9H8ClF4N. The molecule has 0 aromatic heterocycles. The predicted molar refractivity (Wildman–Crippen MR) is 50.5 cm³/mol. The zero-order valence-corrected chi connectivity index (χ0v) is 8.46. The standard InChI is InChI=1S/C9H8ClF4N/c1-4(9(13)14)15-8-6(10)2-5(11)3-7(8)12/h2-4,9,15H,1H3. The molecule has 6 heteroatoms. The predicted octanol–water partition coefficient (Wildman–Crippen LogP) is 3.68. The highest BCUT2D eigenvalue weighted by atomic mass is 35.5. The first kappa shape index (κ1) is 12.1. The maximum atomic E-state index is 13.1. The van der Waals surface area contributed by atoms with Gasteiger partial charge >= 0.3 is 0 Å². The van der Waals surface area contributed by atoms with E-state index in [4.69, 9.17) is 11.6 Å². The molecule has 0 aliphatic rings. The molecule has 0 aliphatic heterocycles. The highest BCUT2D eigenvalue weighted by molar-refractivity contribution is 6.33. The number of nitrogens with one attached hydrogen (secondary N) is 1. The van der Waals surface area contributed by atoms with Crippen LogP contribution in [0.3, 0.4) is 0 Å². The average Bonchev–Trinajstić information content (AvgIpc) is 2.10. The van der Waals surface area contributed by atoms with Crippen molar-refractivity contribution in [3.05, 3.63) is 28.8 Å². The summed E-state index contributed by atoms with van der Waals surface area (Å²) in [4.78, 5) is 0. The van der Waals surface area contributed by atoms with Crippen LogP contribution in [0.15, 0.2) is 12.1 Å². The normalized spacial score (nSPS) is 13.0. The number of rotatable bonds is 3. The first-order chi connectivity index (χ1) is 6.91. The number of hydrogen-bond acceptors (Lipinski definition) is 1. The highest BCUT2D eigenvalue weighted by Crippen LogP contribution is 2.27. The van der Waals surface area contributed by atoms with Gasteiger partial charge in [0.1, 0.15) is 5.82 Å². The van der Waals surface area contributed by atoms with Crippen LogP contribution in [-0.2, 0) is 0 Å². The van der Waals surface area contributed by atoms with Gasteiger partial charge < -0.3 is 5.32 Å². The van der Waals surface area contributed by atoms with E-state index in [0.717, 1.165) is 6.07 Å². The van der Waals surface area contributed by atoms with E-state index in [1.807, 2.05) is 0 Å². The smallest absolute Gasteiger partial charge is 0.258 e. The van der Waals surface area contributed by atoms with Crippen LogP contribution in [0.1, 0.15) is 6.92 Å². The fourth-order valence-corrected chi connectivity index (χ4v) is 1.22. The summed E-state index contributed by atoms with van der Waals surface area (Å²) in [6.07, 6.45) is -2.66. The fraction of sp³-hybridized carbons (Fsp3) is 0.333. The summed E-state index contributed by atoms with van der Waals surface area (Å²) in [5, 5.41) is 1.92. The molecular weight excluding hydrogens is 234 g/mol. The van der Waals surface area contributed by atoms with Crippen molar-refractivity contribution >= 4 is 17.3 Å². The molecule has 0 spiro atoms. The third-order valence-corrected chi connectivity index (χ3v) is 2.05. The van der Waals surface area contributed by atoms with Crippen LogP contribution in [0.25, 0.3) is 0 Å². The molecule has 1 nitrogen and oxygen atoms in total. The Labute approximate surface area is 89.0 Å². The van der Waals surface area contributed by atoms with Crippen molar-refractivity contribution in [3.63, 3.8) is 0 Å². The van der Waals surface area contributed by atoms with Gasteiger partial charge in [0.25, 0.3) is 6.43 Å². The van der Waals surface area contributed by atoms with Crippen LogP contribution in [0.4, 0.5) is 23.2 Å². The van der Waals surface area contributed by atoms with Crippen LogP contribution >= 0.6 is 11.6 Å². The molecule has 0 radical (unpaired) electrons. The summed E-state index contributed by atoms with van der Waals surface area (Å²) < 4.78 is 50.0. The lowest BCUT2D eigenvalue weighted by molar-refractivity contribution is 0.130. The van der Waals surface area contributed by atoms with Gasteiger partial charge in [-0.3, -0.25) is 0 Å². The number of benzene rings is 1. The second-order valence-corrected chi connectivity index (χ2v) is 3.42. The van der Waals surface area contributed by atoms with Crippen LogP contribution in [0.2, 0.25) is 5.02 Å². The quantitative estimate of drug-likeness (QED) is 0.796. The van der Waals surface area contributed by atoms with Crippen molar-refractivity contribution in [2.75, 3.05) is 5.32 Å². The number of anilines is 1. The maximum absolute atomic E-state index is 13.1. The molecule has 1 unspecified atom stereocenters. The Balaban J connectivity index is 2.95. The first-order valence-electron chi connectivity index (χ1n) is 4.11. The summed E-state index contributed by atoms with van der Waals surface area (Å²) >= 11 is 5.50.